The topological polar surface area (TPSA) is 92.3 Å². The molecule has 0 spiro atoms. The monoisotopic (exact) mass is 272 g/mol. The molecule has 1 aliphatic rings. The number of nitrogen functional groups attached to an aromatic ring is 1. The van der Waals surface area contributed by atoms with Crippen molar-refractivity contribution in [1.82, 2.24) is 9.97 Å². The first-order valence-corrected chi connectivity index (χ1v) is 6.67. The van der Waals surface area contributed by atoms with E-state index >= 15 is 0 Å². The molecule has 1 fully saturated rings. The lowest BCUT2D eigenvalue weighted by molar-refractivity contribution is -0.139. The number of aliphatic carboxylic acids is 1. The van der Waals surface area contributed by atoms with Crippen LogP contribution in [0, 0.1) is 0 Å². The molecule has 1 atom stereocenters. The fraction of sp³-hybridized carbons (Fsp3) is 0.357. The molecular formula is C14H16N4O2. The summed E-state index contributed by atoms with van der Waals surface area (Å²) in [6.45, 7) is 0.701. The minimum Gasteiger partial charge on any atom is -0.480 e. The number of carboxylic acid groups (broad SMARTS) is 1. The van der Waals surface area contributed by atoms with Crippen LogP contribution in [0.25, 0.3) is 11.0 Å². The Labute approximate surface area is 116 Å². The van der Waals surface area contributed by atoms with E-state index in [1.807, 2.05) is 4.90 Å². The summed E-state index contributed by atoms with van der Waals surface area (Å²) in [7, 11) is 0. The number of hydrogen-bond acceptors (Lipinski definition) is 5. The number of aromatic nitrogens is 2. The summed E-state index contributed by atoms with van der Waals surface area (Å²) in [6, 6.07) is 4.83. The SMILES string of the molecule is Nc1ccc2nc(N3CCCCC3C(=O)O)cnc2c1. The predicted octanol–water partition coefficient (Wildman–Crippen LogP) is 1.66. The fourth-order valence-electron chi connectivity index (χ4n) is 2.62. The standard InChI is InChI=1S/C14H16N4O2/c15-9-4-5-10-11(7-9)16-8-13(17-10)18-6-2-1-3-12(18)14(19)20/h4-5,7-8,12H,1-3,6,15H2,(H,19,20). The van der Waals surface area contributed by atoms with Gasteiger partial charge in [-0.15, -0.1) is 0 Å². The molecule has 2 aromatic rings. The number of nitrogens with two attached hydrogens (primary N) is 1. The minimum atomic E-state index is -0.802. The zero-order valence-corrected chi connectivity index (χ0v) is 11.0. The zero-order valence-electron chi connectivity index (χ0n) is 11.0. The first-order valence-electron chi connectivity index (χ1n) is 6.67. The van der Waals surface area contributed by atoms with Crippen molar-refractivity contribution < 1.29 is 9.90 Å². The van der Waals surface area contributed by atoms with Crippen molar-refractivity contribution in [3.8, 4) is 0 Å². The Morgan fingerprint density at radius 3 is 3.00 bits per heavy atom. The van der Waals surface area contributed by atoms with Gasteiger partial charge in [-0.1, -0.05) is 0 Å². The van der Waals surface area contributed by atoms with E-state index in [1.54, 1.807) is 24.4 Å². The Kier molecular flexibility index (Phi) is 3.14. The van der Waals surface area contributed by atoms with Gasteiger partial charge in [0, 0.05) is 12.2 Å². The summed E-state index contributed by atoms with van der Waals surface area (Å²) in [6.07, 6.45) is 4.19. The van der Waals surface area contributed by atoms with E-state index in [4.69, 9.17) is 5.73 Å². The largest absolute Gasteiger partial charge is 0.480 e. The van der Waals surface area contributed by atoms with Gasteiger partial charge in [-0.25, -0.2) is 9.78 Å². The Hall–Kier alpha value is -2.37. The van der Waals surface area contributed by atoms with Crippen LogP contribution in [0.15, 0.2) is 24.4 Å². The number of piperidine rings is 1. The molecule has 1 aromatic heterocycles. The van der Waals surface area contributed by atoms with E-state index in [9.17, 15) is 9.90 Å². The van der Waals surface area contributed by atoms with Crippen molar-refractivity contribution in [2.45, 2.75) is 25.3 Å². The Bertz CT molecular complexity index is 659. The van der Waals surface area contributed by atoms with Crippen LogP contribution in [-0.4, -0.2) is 33.6 Å². The molecule has 3 rings (SSSR count). The van der Waals surface area contributed by atoms with Crippen molar-refractivity contribution in [2.75, 3.05) is 17.2 Å². The van der Waals surface area contributed by atoms with Crippen molar-refractivity contribution in [3.05, 3.63) is 24.4 Å². The molecule has 1 aromatic carbocycles. The average Bonchev–Trinajstić information content (AvgIpc) is 2.46. The maximum absolute atomic E-state index is 11.3. The van der Waals surface area contributed by atoms with Crippen LogP contribution in [0.5, 0.6) is 0 Å². The maximum atomic E-state index is 11.3. The normalized spacial score (nSPS) is 19.2. The lowest BCUT2D eigenvalue weighted by atomic mass is 10.0. The van der Waals surface area contributed by atoms with Gasteiger partial charge in [0.15, 0.2) is 0 Å². The quantitative estimate of drug-likeness (QED) is 0.808. The van der Waals surface area contributed by atoms with Gasteiger partial charge in [-0.3, -0.25) is 4.98 Å². The van der Waals surface area contributed by atoms with Crippen LogP contribution in [0.2, 0.25) is 0 Å². The average molecular weight is 272 g/mol. The summed E-state index contributed by atoms with van der Waals surface area (Å²) in [5, 5.41) is 9.31. The van der Waals surface area contributed by atoms with Gasteiger partial charge in [0.1, 0.15) is 11.9 Å². The molecular weight excluding hydrogens is 256 g/mol. The van der Waals surface area contributed by atoms with Gasteiger partial charge >= 0.3 is 5.97 Å². The van der Waals surface area contributed by atoms with Crippen molar-refractivity contribution >= 4 is 28.5 Å². The second kappa shape index (κ2) is 4.96. The number of rotatable bonds is 2. The predicted molar refractivity (Wildman–Crippen MR) is 76.6 cm³/mol. The molecule has 0 bridgehead atoms. The first-order chi connectivity index (χ1) is 9.65. The van der Waals surface area contributed by atoms with Crippen LogP contribution in [0.3, 0.4) is 0 Å². The number of hydrogen-bond donors (Lipinski definition) is 2. The highest BCUT2D eigenvalue weighted by Crippen LogP contribution is 2.24. The molecule has 1 unspecified atom stereocenters. The second-order valence-electron chi connectivity index (χ2n) is 5.02. The van der Waals surface area contributed by atoms with Crippen LogP contribution < -0.4 is 10.6 Å². The third kappa shape index (κ3) is 2.24. The third-order valence-corrected chi connectivity index (χ3v) is 3.64. The summed E-state index contributed by atoms with van der Waals surface area (Å²) >= 11 is 0. The highest BCUT2D eigenvalue weighted by Gasteiger charge is 2.29. The molecule has 0 aliphatic carbocycles. The van der Waals surface area contributed by atoms with Gasteiger partial charge in [-0.05, 0) is 37.5 Å². The number of carbonyl (C=O) groups is 1. The molecule has 3 N–H and O–H groups in total. The Morgan fingerprint density at radius 2 is 2.20 bits per heavy atom. The summed E-state index contributed by atoms with van der Waals surface area (Å²) in [5.41, 5.74) is 7.80. The molecule has 0 saturated carbocycles. The maximum Gasteiger partial charge on any atom is 0.326 e. The van der Waals surface area contributed by atoms with Gasteiger partial charge in [0.25, 0.3) is 0 Å². The van der Waals surface area contributed by atoms with E-state index in [-0.39, 0.29) is 0 Å². The molecule has 0 radical (unpaired) electrons. The number of nitrogens with zero attached hydrogens (tertiary/aromatic N) is 3. The summed E-state index contributed by atoms with van der Waals surface area (Å²) in [5.74, 6) is -0.182. The van der Waals surface area contributed by atoms with Crippen LogP contribution in [-0.2, 0) is 4.79 Å². The van der Waals surface area contributed by atoms with Gasteiger partial charge in [0.2, 0.25) is 0 Å². The van der Waals surface area contributed by atoms with Crippen LogP contribution in [0.4, 0.5) is 11.5 Å². The lowest BCUT2D eigenvalue weighted by Crippen LogP contribution is -2.45. The van der Waals surface area contributed by atoms with E-state index < -0.39 is 12.0 Å². The number of benzene rings is 1. The molecule has 6 nitrogen and oxygen atoms in total. The van der Waals surface area contributed by atoms with Crippen molar-refractivity contribution in [1.29, 1.82) is 0 Å². The third-order valence-electron chi connectivity index (χ3n) is 3.64. The number of anilines is 2. The first kappa shape index (κ1) is 12.7. The molecule has 6 heteroatoms. The second-order valence-corrected chi connectivity index (χ2v) is 5.02. The lowest BCUT2D eigenvalue weighted by Gasteiger charge is -2.33. The number of fused-ring (bicyclic) bond motifs is 1. The Morgan fingerprint density at radius 1 is 1.35 bits per heavy atom. The zero-order chi connectivity index (χ0) is 14.1. The molecule has 1 saturated heterocycles. The van der Waals surface area contributed by atoms with E-state index in [0.29, 0.717) is 24.5 Å². The fourth-order valence-corrected chi connectivity index (χ4v) is 2.62. The van der Waals surface area contributed by atoms with Gasteiger partial charge in [-0.2, -0.15) is 0 Å². The van der Waals surface area contributed by atoms with Gasteiger partial charge < -0.3 is 15.7 Å². The highest BCUT2D eigenvalue weighted by atomic mass is 16.4. The van der Waals surface area contributed by atoms with E-state index in [0.717, 1.165) is 23.9 Å². The smallest absolute Gasteiger partial charge is 0.326 e. The summed E-state index contributed by atoms with van der Waals surface area (Å²) < 4.78 is 0. The molecule has 104 valence electrons. The van der Waals surface area contributed by atoms with Crippen LogP contribution in [0.1, 0.15) is 19.3 Å². The highest BCUT2D eigenvalue weighted by molar-refractivity contribution is 5.81. The van der Waals surface area contributed by atoms with Gasteiger partial charge in [0.05, 0.1) is 17.2 Å². The molecule has 1 aliphatic heterocycles. The Balaban J connectivity index is 2.00. The van der Waals surface area contributed by atoms with Crippen molar-refractivity contribution in [3.63, 3.8) is 0 Å². The summed E-state index contributed by atoms with van der Waals surface area (Å²) in [4.78, 5) is 22.0. The minimum absolute atomic E-state index is 0.510. The number of carboxylic acids is 1. The van der Waals surface area contributed by atoms with E-state index in [1.165, 1.54) is 0 Å². The molecule has 2 heterocycles. The van der Waals surface area contributed by atoms with Crippen LogP contribution >= 0.6 is 0 Å². The molecule has 20 heavy (non-hydrogen) atoms. The molecule has 0 amide bonds. The van der Waals surface area contributed by atoms with Crippen molar-refractivity contribution in [2.24, 2.45) is 0 Å². The van der Waals surface area contributed by atoms with E-state index in [2.05, 4.69) is 9.97 Å².